The van der Waals surface area contributed by atoms with Gasteiger partial charge in [-0.05, 0) is 51.5 Å². The third kappa shape index (κ3) is 6.27. The van der Waals surface area contributed by atoms with E-state index in [1.165, 1.54) is 45.3 Å². The maximum Gasteiger partial charge on any atom is 0.00967 e. The predicted octanol–water partition coefficient (Wildman–Crippen LogP) is 3.91. The molecule has 0 aromatic carbocycles. The van der Waals surface area contributed by atoms with Crippen LogP contribution in [-0.4, -0.2) is 36.6 Å². The number of nitrogens with zero attached hydrogens (tertiary/aromatic N) is 1. The summed E-state index contributed by atoms with van der Waals surface area (Å²) in [4.78, 5) is 2.70. The molecule has 1 aliphatic heterocycles. The maximum absolute atomic E-state index is 3.72. The quantitative estimate of drug-likeness (QED) is 0.753. The molecular weight excluding hydrogens is 232 g/mol. The first-order valence-electron chi connectivity index (χ1n) is 8.25. The summed E-state index contributed by atoms with van der Waals surface area (Å²) in [6, 6.07) is 0. The van der Waals surface area contributed by atoms with Gasteiger partial charge in [0, 0.05) is 25.2 Å². The van der Waals surface area contributed by atoms with Gasteiger partial charge in [0.2, 0.25) is 0 Å². The second-order valence-electron chi connectivity index (χ2n) is 7.96. The van der Waals surface area contributed by atoms with Crippen LogP contribution in [0, 0.1) is 11.3 Å². The number of hydrogen-bond donors (Lipinski definition) is 1. The SMILES string of the molecule is CCCC(C)(CNC(C)(C)C)CN1CCC(CC)C1. The maximum atomic E-state index is 3.72. The summed E-state index contributed by atoms with van der Waals surface area (Å²) in [6.07, 6.45) is 5.36. The molecule has 2 nitrogen and oxygen atoms in total. The third-order valence-electron chi connectivity index (χ3n) is 4.45. The molecule has 1 aliphatic rings. The Hall–Kier alpha value is -0.0800. The molecule has 2 unspecified atom stereocenters. The Kier molecular flexibility index (Phi) is 6.32. The van der Waals surface area contributed by atoms with Crippen molar-refractivity contribution in [2.45, 2.75) is 72.8 Å². The first-order valence-corrected chi connectivity index (χ1v) is 8.25. The Labute approximate surface area is 121 Å². The molecule has 2 atom stereocenters. The largest absolute Gasteiger partial charge is 0.311 e. The van der Waals surface area contributed by atoms with Crippen LogP contribution in [0.5, 0.6) is 0 Å². The van der Waals surface area contributed by atoms with Crippen LogP contribution in [0.2, 0.25) is 0 Å². The van der Waals surface area contributed by atoms with Gasteiger partial charge in [-0.15, -0.1) is 0 Å². The van der Waals surface area contributed by atoms with Crippen molar-refractivity contribution in [3.8, 4) is 0 Å². The predicted molar refractivity (Wildman–Crippen MR) is 85.6 cm³/mol. The van der Waals surface area contributed by atoms with Gasteiger partial charge in [0.1, 0.15) is 0 Å². The monoisotopic (exact) mass is 268 g/mol. The van der Waals surface area contributed by atoms with E-state index < -0.39 is 0 Å². The molecule has 0 spiro atoms. The highest BCUT2D eigenvalue weighted by Gasteiger charge is 2.31. The fraction of sp³-hybridized carbons (Fsp3) is 1.00. The van der Waals surface area contributed by atoms with E-state index in [1.807, 2.05) is 0 Å². The van der Waals surface area contributed by atoms with Gasteiger partial charge in [0.15, 0.2) is 0 Å². The Morgan fingerprint density at radius 1 is 1.16 bits per heavy atom. The molecular formula is C17H36N2. The fourth-order valence-corrected chi connectivity index (χ4v) is 3.23. The zero-order valence-electron chi connectivity index (χ0n) is 14.2. The van der Waals surface area contributed by atoms with Crippen LogP contribution in [0.4, 0.5) is 0 Å². The molecule has 0 bridgehead atoms. The van der Waals surface area contributed by atoms with Gasteiger partial charge in [-0.25, -0.2) is 0 Å². The minimum atomic E-state index is 0.228. The molecule has 0 saturated carbocycles. The summed E-state index contributed by atoms with van der Waals surface area (Å²) >= 11 is 0. The summed E-state index contributed by atoms with van der Waals surface area (Å²) in [7, 11) is 0. The van der Waals surface area contributed by atoms with Crippen LogP contribution in [0.25, 0.3) is 0 Å². The summed E-state index contributed by atoms with van der Waals surface area (Å²) in [5.74, 6) is 0.946. The van der Waals surface area contributed by atoms with Crippen molar-refractivity contribution in [2.24, 2.45) is 11.3 Å². The summed E-state index contributed by atoms with van der Waals surface area (Å²) in [5, 5.41) is 3.72. The topological polar surface area (TPSA) is 15.3 Å². The smallest absolute Gasteiger partial charge is 0.00967 e. The second-order valence-corrected chi connectivity index (χ2v) is 7.96. The molecule has 2 heteroatoms. The lowest BCUT2D eigenvalue weighted by molar-refractivity contribution is 0.157. The van der Waals surface area contributed by atoms with Gasteiger partial charge in [-0.1, -0.05) is 33.6 Å². The Morgan fingerprint density at radius 2 is 1.84 bits per heavy atom. The molecule has 0 aromatic heterocycles. The molecule has 114 valence electrons. The average molecular weight is 268 g/mol. The molecule has 1 N–H and O–H groups in total. The van der Waals surface area contributed by atoms with E-state index in [-0.39, 0.29) is 5.54 Å². The Morgan fingerprint density at radius 3 is 2.32 bits per heavy atom. The Bertz CT molecular complexity index is 256. The zero-order chi connectivity index (χ0) is 14.5. The molecule has 19 heavy (non-hydrogen) atoms. The molecule has 0 aromatic rings. The summed E-state index contributed by atoms with van der Waals surface area (Å²) in [6.45, 7) is 19.0. The number of likely N-dealkylation sites (tertiary alicyclic amines) is 1. The van der Waals surface area contributed by atoms with Gasteiger partial charge in [-0.3, -0.25) is 0 Å². The van der Waals surface area contributed by atoms with E-state index in [9.17, 15) is 0 Å². The van der Waals surface area contributed by atoms with Crippen LogP contribution >= 0.6 is 0 Å². The standard InChI is InChI=1S/C17H36N2/c1-7-10-17(6,13-18-16(3,4)5)14-19-11-9-15(8-2)12-19/h15,18H,7-14H2,1-6H3. The first-order chi connectivity index (χ1) is 8.78. The number of hydrogen-bond acceptors (Lipinski definition) is 2. The van der Waals surface area contributed by atoms with E-state index in [4.69, 9.17) is 0 Å². The summed E-state index contributed by atoms with van der Waals surface area (Å²) in [5.41, 5.74) is 0.649. The molecule has 0 radical (unpaired) electrons. The normalized spacial score (nSPS) is 24.6. The van der Waals surface area contributed by atoms with Crippen molar-refractivity contribution in [1.82, 2.24) is 10.2 Å². The lowest BCUT2D eigenvalue weighted by atomic mass is 9.84. The highest BCUT2D eigenvalue weighted by Crippen LogP contribution is 2.28. The lowest BCUT2D eigenvalue weighted by Crippen LogP contribution is -2.47. The average Bonchev–Trinajstić information content (AvgIpc) is 2.73. The van der Waals surface area contributed by atoms with Gasteiger partial charge < -0.3 is 10.2 Å². The van der Waals surface area contributed by atoms with Crippen LogP contribution < -0.4 is 5.32 Å². The van der Waals surface area contributed by atoms with Gasteiger partial charge in [-0.2, -0.15) is 0 Å². The number of rotatable bonds is 7. The van der Waals surface area contributed by atoms with Gasteiger partial charge in [0.05, 0.1) is 0 Å². The highest BCUT2D eigenvalue weighted by molar-refractivity contribution is 4.86. The third-order valence-corrected chi connectivity index (χ3v) is 4.45. The van der Waals surface area contributed by atoms with Crippen LogP contribution in [0.15, 0.2) is 0 Å². The van der Waals surface area contributed by atoms with E-state index in [0.717, 1.165) is 12.5 Å². The molecule has 1 heterocycles. The van der Waals surface area contributed by atoms with Crippen molar-refractivity contribution in [2.75, 3.05) is 26.2 Å². The molecule has 0 aliphatic carbocycles. The molecule has 1 fully saturated rings. The van der Waals surface area contributed by atoms with Crippen LogP contribution in [0.1, 0.15) is 67.2 Å². The second kappa shape index (κ2) is 7.08. The van der Waals surface area contributed by atoms with E-state index in [0.29, 0.717) is 5.41 Å². The van der Waals surface area contributed by atoms with E-state index >= 15 is 0 Å². The fourth-order valence-electron chi connectivity index (χ4n) is 3.23. The van der Waals surface area contributed by atoms with E-state index in [1.54, 1.807) is 0 Å². The lowest BCUT2D eigenvalue weighted by Gasteiger charge is -2.37. The van der Waals surface area contributed by atoms with Crippen molar-refractivity contribution in [3.05, 3.63) is 0 Å². The molecule has 1 saturated heterocycles. The summed E-state index contributed by atoms with van der Waals surface area (Å²) < 4.78 is 0. The van der Waals surface area contributed by atoms with Gasteiger partial charge in [0.25, 0.3) is 0 Å². The van der Waals surface area contributed by atoms with Crippen LogP contribution in [-0.2, 0) is 0 Å². The van der Waals surface area contributed by atoms with Crippen molar-refractivity contribution in [1.29, 1.82) is 0 Å². The minimum absolute atomic E-state index is 0.228. The number of nitrogens with one attached hydrogen (secondary N) is 1. The molecule has 0 amide bonds. The molecule has 1 rings (SSSR count). The Balaban J connectivity index is 2.51. The van der Waals surface area contributed by atoms with Crippen molar-refractivity contribution < 1.29 is 0 Å². The van der Waals surface area contributed by atoms with E-state index in [2.05, 4.69) is 51.8 Å². The minimum Gasteiger partial charge on any atom is -0.311 e. The van der Waals surface area contributed by atoms with Crippen molar-refractivity contribution >= 4 is 0 Å². The highest BCUT2D eigenvalue weighted by atomic mass is 15.2. The van der Waals surface area contributed by atoms with Crippen molar-refractivity contribution in [3.63, 3.8) is 0 Å². The van der Waals surface area contributed by atoms with Gasteiger partial charge >= 0.3 is 0 Å². The van der Waals surface area contributed by atoms with Crippen LogP contribution in [0.3, 0.4) is 0 Å². The zero-order valence-corrected chi connectivity index (χ0v) is 14.2. The first kappa shape index (κ1) is 17.0.